The lowest BCUT2D eigenvalue weighted by Gasteiger charge is -2.26. The van der Waals surface area contributed by atoms with Gasteiger partial charge in [0.15, 0.2) is 0 Å². The minimum atomic E-state index is -4.61. The molecule has 0 bridgehead atoms. The highest BCUT2D eigenvalue weighted by Gasteiger charge is 2.50. The van der Waals surface area contributed by atoms with Crippen LogP contribution in [0.3, 0.4) is 0 Å². The van der Waals surface area contributed by atoms with E-state index < -0.39 is 23.2 Å². The molecule has 1 aliphatic rings. The fourth-order valence-electron chi connectivity index (χ4n) is 3.71. The number of imidazole rings is 1. The van der Waals surface area contributed by atoms with Crippen molar-refractivity contribution >= 4 is 51.7 Å². The summed E-state index contributed by atoms with van der Waals surface area (Å²) >= 11 is 7.99. The molecule has 3 aromatic rings. The van der Waals surface area contributed by atoms with Crippen molar-refractivity contribution < 1.29 is 18.0 Å². The Bertz CT molecular complexity index is 1230. The Balaban J connectivity index is 1.82. The van der Waals surface area contributed by atoms with Crippen molar-refractivity contribution in [1.29, 1.82) is 5.26 Å². The second-order valence-corrected chi connectivity index (χ2v) is 8.85. The van der Waals surface area contributed by atoms with E-state index in [1.54, 1.807) is 42.0 Å². The molecule has 31 heavy (non-hydrogen) atoms. The Morgan fingerprint density at radius 1 is 1.23 bits per heavy atom. The van der Waals surface area contributed by atoms with E-state index in [1.807, 2.05) is 28.7 Å². The molecule has 4 rings (SSSR count). The molecular weight excluding hydrogens is 544 g/mol. The van der Waals surface area contributed by atoms with Gasteiger partial charge in [-0.25, -0.2) is 9.88 Å². The van der Waals surface area contributed by atoms with Gasteiger partial charge in [-0.2, -0.15) is 18.4 Å². The van der Waals surface area contributed by atoms with Gasteiger partial charge in [-0.05, 0) is 65.4 Å². The highest BCUT2D eigenvalue weighted by atomic mass is 127. The third-order valence-electron chi connectivity index (χ3n) is 5.16. The maximum absolute atomic E-state index is 13.6. The number of hydrogen-bond donors (Lipinski definition) is 0. The van der Waals surface area contributed by atoms with E-state index >= 15 is 0 Å². The smallest absolute Gasteiger partial charge is 0.289 e. The fourth-order valence-corrected chi connectivity index (χ4v) is 4.83. The summed E-state index contributed by atoms with van der Waals surface area (Å²) in [6, 6.07) is 11.9. The Morgan fingerprint density at radius 3 is 2.52 bits per heavy atom. The minimum Gasteiger partial charge on any atom is -0.289 e. The Hall–Kier alpha value is -2.58. The van der Waals surface area contributed by atoms with Gasteiger partial charge in [0.25, 0.3) is 5.91 Å². The summed E-state index contributed by atoms with van der Waals surface area (Å²) in [6.07, 6.45) is -2.79. The second kappa shape index (κ2) is 7.53. The number of hydrogen-bond acceptors (Lipinski definition) is 3. The van der Waals surface area contributed by atoms with Crippen LogP contribution in [-0.4, -0.2) is 15.5 Å². The number of fused-ring (bicyclic) bond motifs is 1. The van der Waals surface area contributed by atoms with Crippen LogP contribution in [0.5, 0.6) is 0 Å². The number of nitrogens with zero attached hydrogens (tertiary/aromatic N) is 4. The van der Waals surface area contributed by atoms with E-state index in [0.29, 0.717) is 9.26 Å². The van der Waals surface area contributed by atoms with Crippen LogP contribution in [0.15, 0.2) is 48.7 Å². The maximum Gasteiger partial charge on any atom is 0.416 e. The first-order valence-electron chi connectivity index (χ1n) is 9.00. The molecule has 2 heterocycles. The van der Waals surface area contributed by atoms with Gasteiger partial charge in [-0.3, -0.25) is 9.36 Å². The van der Waals surface area contributed by atoms with Crippen molar-refractivity contribution in [3.63, 3.8) is 0 Å². The molecule has 0 unspecified atom stereocenters. The van der Waals surface area contributed by atoms with Crippen molar-refractivity contribution in [3.8, 4) is 6.07 Å². The van der Waals surface area contributed by atoms with Gasteiger partial charge in [0, 0.05) is 11.4 Å². The molecule has 0 spiro atoms. The van der Waals surface area contributed by atoms with Gasteiger partial charge < -0.3 is 0 Å². The molecule has 1 atom stereocenters. The number of halogens is 5. The van der Waals surface area contributed by atoms with Crippen LogP contribution in [-0.2, 0) is 22.9 Å². The molecule has 5 nitrogen and oxygen atoms in total. The normalized spacial score (nSPS) is 18.2. The van der Waals surface area contributed by atoms with Crippen LogP contribution in [0.1, 0.15) is 23.6 Å². The van der Waals surface area contributed by atoms with Gasteiger partial charge in [-0.1, -0.05) is 23.7 Å². The number of nitriles is 1. The van der Waals surface area contributed by atoms with Gasteiger partial charge in [0.2, 0.25) is 5.95 Å². The number of aromatic nitrogens is 2. The van der Waals surface area contributed by atoms with Crippen molar-refractivity contribution in [2.45, 2.75) is 25.1 Å². The second-order valence-electron chi connectivity index (χ2n) is 7.31. The number of carbonyl (C=O) groups excluding carboxylic acids is 1. The number of amides is 1. The number of rotatable bonds is 3. The van der Waals surface area contributed by atoms with Gasteiger partial charge >= 0.3 is 6.18 Å². The van der Waals surface area contributed by atoms with Crippen LogP contribution in [0.2, 0.25) is 5.02 Å². The van der Waals surface area contributed by atoms with Crippen LogP contribution >= 0.6 is 34.2 Å². The van der Waals surface area contributed by atoms with E-state index in [9.17, 15) is 18.0 Å². The molecule has 0 fully saturated rings. The molecule has 1 aliphatic heterocycles. The monoisotopic (exact) mass is 556 g/mol. The van der Waals surface area contributed by atoms with E-state index in [2.05, 4.69) is 4.98 Å². The Kier molecular flexibility index (Phi) is 5.26. The van der Waals surface area contributed by atoms with Crippen molar-refractivity contribution in [1.82, 2.24) is 9.55 Å². The van der Waals surface area contributed by atoms with Crippen molar-refractivity contribution in [3.05, 3.63) is 74.1 Å². The van der Waals surface area contributed by atoms with Crippen molar-refractivity contribution in [2.24, 2.45) is 0 Å². The van der Waals surface area contributed by atoms with Crippen LogP contribution in [0.25, 0.3) is 0 Å². The predicted octanol–water partition coefficient (Wildman–Crippen LogP) is 5.67. The summed E-state index contributed by atoms with van der Waals surface area (Å²) in [4.78, 5) is 19.0. The third-order valence-corrected chi connectivity index (χ3v) is 6.14. The third kappa shape index (κ3) is 3.68. The molecule has 158 valence electrons. The first-order chi connectivity index (χ1) is 14.5. The van der Waals surface area contributed by atoms with E-state index in [0.717, 1.165) is 17.7 Å². The lowest BCUT2D eigenvalue weighted by Crippen LogP contribution is -2.41. The summed E-state index contributed by atoms with van der Waals surface area (Å²) in [7, 11) is 0. The number of alkyl halides is 3. The number of anilines is 2. The summed E-state index contributed by atoms with van der Waals surface area (Å²) in [5.74, 6) is -0.200. The summed E-state index contributed by atoms with van der Waals surface area (Å²) in [5, 5.41) is 8.86. The lowest BCUT2D eigenvalue weighted by molar-refractivity contribution is -0.137. The van der Waals surface area contributed by atoms with Crippen LogP contribution in [0, 0.1) is 15.0 Å². The topological polar surface area (TPSA) is 61.9 Å². The average Bonchev–Trinajstić information content (AvgIpc) is 3.18. The van der Waals surface area contributed by atoms with Crippen LogP contribution in [0.4, 0.5) is 24.8 Å². The molecule has 0 aliphatic carbocycles. The Morgan fingerprint density at radius 2 is 1.90 bits per heavy atom. The quantitative estimate of drug-likeness (QED) is 0.391. The summed E-state index contributed by atoms with van der Waals surface area (Å²) in [5.41, 5.74) is -0.788. The maximum atomic E-state index is 13.6. The molecule has 0 saturated carbocycles. The molecule has 0 N–H and O–H groups in total. The molecule has 1 aromatic heterocycles. The van der Waals surface area contributed by atoms with Gasteiger partial charge in [-0.15, -0.1) is 0 Å². The van der Waals surface area contributed by atoms with E-state index in [-0.39, 0.29) is 23.1 Å². The molecule has 1 amide bonds. The minimum absolute atomic E-state index is 0.00312. The largest absolute Gasteiger partial charge is 0.416 e. The zero-order valence-electron chi connectivity index (χ0n) is 15.9. The molecule has 2 aromatic carbocycles. The highest BCUT2D eigenvalue weighted by Crippen LogP contribution is 2.44. The molecule has 0 saturated heterocycles. The molecular formula is C21H13ClF3IN4O. The average molecular weight is 557 g/mol. The van der Waals surface area contributed by atoms with E-state index in [1.165, 1.54) is 11.0 Å². The zero-order chi connectivity index (χ0) is 22.6. The van der Waals surface area contributed by atoms with E-state index in [4.69, 9.17) is 16.9 Å². The van der Waals surface area contributed by atoms with Gasteiger partial charge in [0.05, 0.1) is 29.1 Å². The number of benzene rings is 2. The molecule has 0 radical (unpaired) electrons. The summed E-state index contributed by atoms with van der Waals surface area (Å²) < 4.78 is 42.4. The fraction of sp³-hybridized carbons (Fsp3) is 0.190. The first kappa shape index (κ1) is 21.6. The standard InChI is InChI=1S/C21H13ClF3IN4O/c1-20(9-12-2-4-13(10-27)5-3-12)18(31)29(19-28-11-17(26)30(19)20)16-7-14(21(23,24)25)6-15(22)8-16/h2-8,11H,9H2,1H3/t20-/m1/s1. The zero-order valence-corrected chi connectivity index (χ0v) is 18.8. The first-order valence-corrected chi connectivity index (χ1v) is 10.5. The van der Waals surface area contributed by atoms with Gasteiger partial charge in [0.1, 0.15) is 9.24 Å². The lowest BCUT2D eigenvalue weighted by atomic mass is 9.91. The highest BCUT2D eigenvalue weighted by molar-refractivity contribution is 14.1. The van der Waals surface area contributed by atoms with Crippen molar-refractivity contribution in [2.75, 3.05) is 4.90 Å². The Labute approximate surface area is 194 Å². The summed E-state index contributed by atoms with van der Waals surface area (Å²) in [6.45, 7) is 1.72. The predicted molar refractivity (Wildman–Crippen MR) is 117 cm³/mol. The van der Waals surface area contributed by atoms with Crippen LogP contribution < -0.4 is 4.90 Å². The number of carbonyl (C=O) groups is 1. The SMILES string of the molecule is C[C@@]1(Cc2ccc(C#N)cc2)C(=O)N(c2cc(Cl)cc(C(F)(F)F)c2)c2ncc(I)n21. The molecule has 10 heteroatoms.